The lowest BCUT2D eigenvalue weighted by molar-refractivity contribution is -0.130. The number of imide groups is 1. The molecular formula is C14H18F2N2O3. The molecule has 0 saturated heterocycles. The Hall–Kier alpha value is -1.86. The third kappa shape index (κ3) is 7.48. The first-order chi connectivity index (χ1) is 10.0. The lowest BCUT2D eigenvalue weighted by Crippen LogP contribution is -2.43. The van der Waals surface area contributed by atoms with Gasteiger partial charge in [0.1, 0.15) is 0 Å². The molecule has 1 aromatic rings. The highest BCUT2D eigenvalue weighted by atomic mass is 19.3. The minimum atomic E-state index is -2.61. The van der Waals surface area contributed by atoms with E-state index in [0.29, 0.717) is 0 Å². The van der Waals surface area contributed by atoms with Crippen LogP contribution in [0.1, 0.15) is 5.56 Å². The van der Waals surface area contributed by atoms with Crippen molar-refractivity contribution in [3.05, 3.63) is 35.9 Å². The number of rotatable bonds is 8. The molecule has 0 fully saturated rings. The molecule has 2 amide bonds. The largest absolute Gasteiger partial charge is 0.395 e. The molecule has 0 aromatic heterocycles. The Morgan fingerprint density at radius 1 is 1.19 bits per heavy atom. The van der Waals surface area contributed by atoms with Gasteiger partial charge in [-0.3, -0.25) is 19.8 Å². The van der Waals surface area contributed by atoms with Crippen LogP contribution >= 0.6 is 0 Å². The Labute approximate surface area is 121 Å². The van der Waals surface area contributed by atoms with Crippen molar-refractivity contribution >= 4 is 11.8 Å². The number of aliphatic hydroxyl groups is 1. The minimum absolute atomic E-state index is 0.0431. The van der Waals surface area contributed by atoms with Crippen LogP contribution in [0.5, 0.6) is 0 Å². The van der Waals surface area contributed by atoms with Crippen molar-refractivity contribution in [2.75, 3.05) is 26.2 Å². The van der Waals surface area contributed by atoms with Crippen LogP contribution < -0.4 is 5.32 Å². The molecule has 0 heterocycles. The van der Waals surface area contributed by atoms with Crippen LogP contribution in [0.2, 0.25) is 0 Å². The molecule has 0 bridgehead atoms. The van der Waals surface area contributed by atoms with Crippen LogP contribution in [0, 0.1) is 0 Å². The predicted molar refractivity (Wildman–Crippen MR) is 72.8 cm³/mol. The monoisotopic (exact) mass is 300 g/mol. The maximum absolute atomic E-state index is 12.3. The van der Waals surface area contributed by atoms with Crippen molar-refractivity contribution in [2.24, 2.45) is 0 Å². The fraction of sp³-hybridized carbons (Fsp3) is 0.429. The number of hydrogen-bond donors (Lipinski definition) is 2. The first kappa shape index (κ1) is 17.2. The smallest absolute Gasteiger partial charge is 0.251 e. The van der Waals surface area contributed by atoms with E-state index in [9.17, 15) is 18.4 Å². The number of amides is 2. The van der Waals surface area contributed by atoms with E-state index in [1.807, 2.05) is 6.07 Å². The van der Waals surface area contributed by atoms with Gasteiger partial charge in [0.05, 0.1) is 26.1 Å². The van der Waals surface area contributed by atoms with Gasteiger partial charge in [0.2, 0.25) is 11.8 Å². The van der Waals surface area contributed by atoms with E-state index in [4.69, 9.17) is 5.11 Å². The second-order valence-electron chi connectivity index (χ2n) is 4.48. The van der Waals surface area contributed by atoms with E-state index in [-0.39, 0.29) is 26.1 Å². The Kier molecular flexibility index (Phi) is 7.49. The van der Waals surface area contributed by atoms with Gasteiger partial charge in [-0.05, 0) is 5.56 Å². The van der Waals surface area contributed by atoms with Gasteiger partial charge in [-0.2, -0.15) is 0 Å². The second kappa shape index (κ2) is 9.15. The SMILES string of the molecule is O=C(Cc1ccccc1)NC(=O)CN(CCO)CC(F)F. The van der Waals surface area contributed by atoms with E-state index in [1.165, 1.54) is 0 Å². The molecule has 0 aliphatic carbocycles. The number of hydrogen-bond acceptors (Lipinski definition) is 4. The summed E-state index contributed by atoms with van der Waals surface area (Å²) in [5.74, 6) is -1.16. The molecule has 7 heteroatoms. The lowest BCUT2D eigenvalue weighted by Gasteiger charge is -2.19. The normalized spacial score (nSPS) is 10.9. The van der Waals surface area contributed by atoms with Gasteiger partial charge >= 0.3 is 0 Å². The van der Waals surface area contributed by atoms with E-state index >= 15 is 0 Å². The standard InChI is InChI=1S/C14H18F2N2O3/c15-12(16)9-18(6-7-19)10-14(21)17-13(20)8-11-4-2-1-3-5-11/h1-5,12,19H,6-10H2,(H,17,20,21). The summed E-state index contributed by atoms with van der Waals surface area (Å²) in [7, 11) is 0. The van der Waals surface area contributed by atoms with Gasteiger partial charge in [0, 0.05) is 6.54 Å². The molecule has 0 unspecified atom stereocenters. The van der Waals surface area contributed by atoms with Gasteiger partial charge in [-0.15, -0.1) is 0 Å². The van der Waals surface area contributed by atoms with Crippen molar-refractivity contribution in [1.82, 2.24) is 10.2 Å². The summed E-state index contributed by atoms with van der Waals surface area (Å²) in [5, 5.41) is 10.9. The summed E-state index contributed by atoms with van der Waals surface area (Å²) in [6.45, 7) is -1.37. The van der Waals surface area contributed by atoms with Gasteiger partial charge < -0.3 is 5.11 Å². The van der Waals surface area contributed by atoms with Crippen molar-refractivity contribution in [3.8, 4) is 0 Å². The zero-order chi connectivity index (χ0) is 15.7. The zero-order valence-electron chi connectivity index (χ0n) is 11.5. The quantitative estimate of drug-likeness (QED) is 0.730. The van der Waals surface area contributed by atoms with E-state index < -0.39 is 24.8 Å². The number of aliphatic hydroxyl groups excluding tert-OH is 1. The van der Waals surface area contributed by atoms with Crippen LogP contribution in [-0.2, 0) is 16.0 Å². The highest BCUT2D eigenvalue weighted by Crippen LogP contribution is 2.00. The molecular weight excluding hydrogens is 282 g/mol. The van der Waals surface area contributed by atoms with Crippen molar-refractivity contribution in [3.63, 3.8) is 0 Å². The fourth-order valence-corrected chi connectivity index (χ4v) is 1.80. The Morgan fingerprint density at radius 2 is 1.86 bits per heavy atom. The molecule has 0 aliphatic rings. The maximum atomic E-state index is 12.3. The van der Waals surface area contributed by atoms with E-state index in [1.54, 1.807) is 24.3 Å². The van der Waals surface area contributed by atoms with Gasteiger partial charge in [0.25, 0.3) is 6.43 Å². The average molecular weight is 300 g/mol. The fourth-order valence-electron chi connectivity index (χ4n) is 1.80. The van der Waals surface area contributed by atoms with Gasteiger partial charge in [-0.1, -0.05) is 30.3 Å². The summed E-state index contributed by atoms with van der Waals surface area (Å²) in [6.07, 6.45) is -2.56. The zero-order valence-corrected chi connectivity index (χ0v) is 11.5. The van der Waals surface area contributed by atoms with Crippen LogP contribution in [0.25, 0.3) is 0 Å². The van der Waals surface area contributed by atoms with Crippen LogP contribution in [0.15, 0.2) is 30.3 Å². The molecule has 2 N–H and O–H groups in total. The summed E-state index contributed by atoms with van der Waals surface area (Å²) in [6, 6.07) is 8.85. The molecule has 0 atom stereocenters. The number of nitrogens with one attached hydrogen (secondary N) is 1. The number of benzene rings is 1. The molecule has 116 valence electrons. The van der Waals surface area contributed by atoms with Crippen LogP contribution in [0.4, 0.5) is 8.78 Å². The first-order valence-electron chi connectivity index (χ1n) is 6.49. The molecule has 0 radical (unpaired) electrons. The predicted octanol–water partition coefficient (Wildman–Crippen LogP) is 0.431. The topological polar surface area (TPSA) is 69.6 Å². The van der Waals surface area contributed by atoms with E-state index in [0.717, 1.165) is 10.5 Å². The van der Waals surface area contributed by atoms with Crippen molar-refractivity contribution in [2.45, 2.75) is 12.8 Å². The third-order valence-electron chi connectivity index (χ3n) is 2.67. The Balaban J connectivity index is 2.42. The summed E-state index contributed by atoms with van der Waals surface area (Å²) in [5.41, 5.74) is 0.752. The maximum Gasteiger partial charge on any atom is 0.251 e. The molecule has 0 spiro atoms. The van der Waals surface area contributed by atoms with Crippen molar-refractivity contribution < 1.29 is 23.5 Å². The molecule has 0 saturated carbocycles. The number of carbonyl (C=O) groups excluding carboxylic acids is 2. The Morgan fingerprint density at radius 3 is 2.43 bits per heavy atom. The summed E-state index contributed by atoms with van der Waals surface area (Å²) in [4.78, 5) is 24.3. The average Bonchev–Trinajstić information content (AvgIpc) is 2.38. The second-order valence-corrected chi connectivity index (χ2v) is 4.48. The first-order valence-corrected chi connectivity index (χ1v) is 6.49. The molecule has 1 rings (SSSR count). The van der Waals surface area contributed by atoms with Gasteiger partial charge in [-0.25, -0.2) is 8.78 Å². The number of alkyl halides is 2. The summed E-state index contributed by atoms with van der Waals surface area (Å²) >= 11 is 0. The number of nitrogens with zero attached hydrogens (tertiary/aromatic N) is 1. The third-order valence-corrected chi connectivity index (χ3v) is 2.67. The minimum Gasteiger partial charge on any atom is -0.395 e. The summed E-state index contributed by atoms with van der Waals surface area (Å²) < 4.78 is 24.6. The number of carbonyl (C=O) groups is 2. The molecule has 5 nitrogen and oxygen atoms in total. The molecule has 1 aromatic carbocycles. The van der Waals surface area contributed by atoms with Crippen LogP contribution in [0.3, 0.4) is 0 Å². The molecule has 0 aliphatic heterocycles. The van der Waals surface area contributed by atoms with Crippen molar-refractivity contribution in [1.29, 1.82) is 0 Å². The number of halogens is 2. The lowest BCUT2D eigenvalue weighted by atomic mass is 10.1. The van der Waals surface area contributed by atoms with Crippen LogP contribution in [-0.4, -0.2) is 54.5 Å². The highest BCUT2D eigenvalue weighted by molar-refractivity contribution is 5.96. The Bertz CT molecular complexity index is 455. The molecule has 21 heavy (non-hydrogen) atoms. The highest BCUT2D eigenvalue weighted by Gasteiger charge is 2.16. The van der Waals surface area contributed by atoms with E-state index in [2.05, 4.69) is 5.32 Å². The van der Waals surface area contributed by atoms with Gasteiger partial charge in [0.15, 0.2) is 0 Å².